The normalized spacial score (nSPS) is 11.7. The maximum absolute atomic E-state index is 11.8. The van der Waals surface area contributed by atoms with Crippen LogP contribution in [-0.2, 0) is 6.54 Å². The first-order valence-corrected chi connectivity index (χ1v) is 7.13. The van der Waals surface area contributed by atoms with Gasteiger partial charge in [0.05, 0.1) is 6.04 Å². The van der Waals surface area contributed by atoms with Gasteiger partial charge in [-0.2, -0.15) is 0 Å². The van der Waals surface area contributed by atoms with Crippen LogP contribution in [0.1, 0.15) is 24.1 Å². The Labute approximate surface area is 126 Å². The molecule has 20 heavy (non-hydrogen) atoms. The van der Waals surface area contributed by atoms with Crippen molar-refractivity contribution in [2.24, 2.45) is 0 Å². The first-order chi connectivity index (χ1) is 9.65. The van der Waals surface area contributed by atoms with Crippen LogP contribution in [0.5, 0.6) is 0 Å². The van der Waals surface area contributed by atoms with Gasteiger partial charge in [0.25, 0.3) is 0 Å². The maximum atomic E-state index is 11.8. The Morgan fingerprint density at radius 1 is 1.30 bits per heavy atom. The van der Waals surface area contributed by atoms with Gasteiger partial charge in [-0.1, -0.05) is 34.1 Å². The summed E-state index contributed by atoms with van der Waals surface area (Å²) in [6.07, 6.45) is 3.44. The van der Waals surface area contributed by atoms with Gasteiger partial charge in [0.1, 0.15) is 0 Å². The smallest absolute Gasteiger partial charge is 0.315 e. The number of rotatable bonds is 4. The number of pyridine rings is 1. The lowest BCUT2D eigenvalue weighted by Gasteiger charge is -2.15. The molecule has 2 rings (SSSR count). The van der Waals surface area contributed by atoms with Crippen molar-refractivity contribution in [1.29, 1.82) is 0 Å². The van der Waals surface area contributed by atoms with E-state index in [0.717, 1.165) is 15.6 Å². The molecule has 1 atom stereocenters. The third kappa shape index (κ3) is 4.35. The molecule has 1 aromatic heterocycles. The topological polar surface area (TPSA) is 54.0 Å². The zero-order valence-electron chi connectivity index (χ0n) is 11.1. The Bertz CT molecular complexity index is 557. The third-order valence-electron chi connectivity index (χ3n) is 2.89. The second-order valence-electron chi connectivity index (χ2n) is 4.46. The lowest BCUT2D eigenvalue weighted by Crippen LogP contribution is -2.36. The zero-order valence-corrected chi connectivity index (χ0v) is 12.7. The van der Waals surface area contributed by atoms with Crippen molar-refractivity contribution >= 4 is 22.0 Å². The molecule has 2 amide bonds. The molecule has 0 aliphatic carbocycles. The molecular weight excluding hydrogens is 318 g/mol. The SMILES string of the molecule is C[C@@H](NC(=O)NCc1cccnc1)c1ccc(Br)cc1. The second kappa shape index (κ2) is 7.05. The number of aromatic nitrogens is 1. The molecular formula is C15H16BrN3O. The van der Waals surface area contributed by atoms with Gasteiger partial charge >= 0.3 is 6.03 Å². The van der Waals surface area contributed by atoms with E-state index in [1.807, 2.05) is 43.3 Å². The van der Waals surface area contributed by atoms with E-state index < -0.39 is 0 Å². The number of carbonyl (C=O) groups is 1. The molecule has 5 heteroatoms. The van der Waals surface area contributed by atoms with Gasteiger partial charge in [0.2, 0.25) is 0 Å². The fourth-order valence-corrected chi connectivity index (χ4v) is 2.03. The highest BCUT2D eigenvalue weighted by atomic mass is 79.9. The van der Waals surface area contributed by atoms with Crippen LogP contribution in [0.25, 0.3) is 0 Å². The summed E-state index contributed by atoms with van der Waals surface area (Å²) in [6, 6.07) is 11.4. The predicted molar refractivity (Wildman–Crippen MR) is 82.2 cm³/mol. The zero-order chi connectivity index (χ0) is 14.4. The number of nitrogens with zero attached hydrogens (tertiary/aromatic N) is 1. The van der Waals surface area contributed by atoms with E-state index in [-0.39, 0.29) is 12.1 Å². The van der Waals surface area contributed by atoms with E-state index in [1.54, 1.807) is 12.4 Å². The molecule has 0 saturated heterocycles. The average Bonchev–Trinajstić information content (AvgIpc) is 2.47. The molecule has 0 bridgehead atoms. The van der Waals surface area contributed by atoms with E-state index in [1.165, 1.54) is 0 Å². The van der Waals surface area contributed by atoms with Crippen LogP contribution in [0.2, 0.25) is 0 Å². The summed E-state index contributed by atoms with van der Waals surface area (Å²) < 4.78 is 1.02. The maximum Gasteiger partial charge on any atom is 0.315 e. The van der Waals surface area contributed by atoms with Gasteiger partial charge in [0.15, 0.2) is 0 Å². The monoisotopic (exact) mass is 333 g/mol. The third-order valence-corrected chi connectivity index (χ3v) is 3.42. The summed E-state index contributed by atoms with van der Waals surface area (Å²) in [4.78, 5) is 15.8. The summed E-state index contributed by atoms with van der Waals surface area (Å²) in [5.74, 6) is 0. The first kappa shape index (κ1) is 14.5. The van der Waals surface area contributed by atoms with Crippen LogP contribution in [0.15, 0.2) is 53.3 Å². The van der Waals surface area contributed by atoms with Crippen LogP contribution >= 0.6 is 15.9 Å². The molecule has 0 saturated carbocycles. The van der Waals surface area contributed by atoms with Crippen LogP contribution in [0.4, 0.5) is 4.79 Å². The van der Waals surface area contributed by atoms with E-state index in [0.29, 0.717) is 6.54 Å². The van der Waals surface area contributed by atoms with Gasteiger partial charge in [0, 0.05) is 23.4 Å². The summed E-state index contributed by atoms with van der Waals surface area (Å²) >= 11 is 3.39. The Morgan fingerprint density at radius 3 is 2.70 bits per heavy atom. The van der Waals surface area contributed by atoms with Crippen molar-refractivity contribution in [2.45, 2.75) is 19.5 Å². The van der Waals surface area contributed by atoms with Crippen molar-refractivity contribution in [3.8, 4) is 0 Å². The molecule has 0 unspecified atom stereocenters. The first-order valence-electron chi connectivity index (χ1n) is 6.34. The molecule has 0 aliphatic heterocycles. The summed E-state index contributed by atoms with van der Waals surface area (Å²) in [5, 5.41) is 5.71. The number of amides is 2. The van der Waals surface area contributed by atoms with Crippen molar-refractivity contribution in [1.82, 2.24) is 15.6 Å². The second-order valence-corrected chi connectivity index (χ2v) is 5.38. The molecule has 2 aromatic rings. The van der Waals surface area contributed by atoms with Crippen molar-refractivity contribution in [3.05, 3.63) is 64.4 Å². The molecule has 0 radical (unpaired) electrons. The van der Waals surface area contributed by atoms with E-state index in [2.05, 4.69) is 31.5 Å². The Balaban J connectivity index is 1.83. The van der Waals surface area contributed by atoms with Gasteiger partial charge in [-0.3, -0.25) is 4.98 Å². The number of nitrogens with one attached hydrogen (secondary N) is 2. The van der Waals surface area contributed by atoms with Crippen molar-refractivity contribution in [2.75, 3.05) is 0 Å². The standard InChI is InChI=1S/C15H16BrN3O/c1-11(13-4-6-14(16)7-5-13)19-15(20)18-10-12-3-2-8-17-9-12/h2-9,11H,10H2,1H3,(H2,18,19,20)/t11-/m1/s1. The minimum absolute atomic E-state index is 0.0444. The molecule has 0 spiro atoms. The number of urea groups is 1. The number of carbonyl (C=O) groups excluding carboxylic acids is 1. The Hall–Kier alpha value is -1.88. The average molecular weight is 334 g/mol. The van der Waals surface area contributed by atoms with Crippen LogP contribution in [0, 0.1) is 0 Å². The lowest BCUT2D eigenvalue weighted by molar-refractivity contribution is 0.237. The molecule has 0 fully saturated rings. The predicted octanol–water partition coefficient (Wildman–Crippen LogP) is 3.40. The molecule has 1 heterocycles. The summed E-state index contributed by atoms with van der Waals surface area (Å²) in [7, 11) is 0. The highest BCUT2D eigenvalue weighted by molar-refractivity contribution is 9.10. The van der Waals surface area contributed by atoms with E-state index >= 15 is 0 Å². The van der Waals surface area contributed by atoms with E-state index in [9.17, 15) is 4.79 Å². The van der Waals surface area contributed by atoms with Crippen LogP contribution < -0.4 is 10.6 Å². The minimum atomic E-state index is -0.190. The quantitative estimate of drug-likeness (QED) is 0.900. The molecule has 104 valence electrons. The van der Waals surface area contributed by atoms with Gasteiger partial charge in [-0.05, 0) is 36.2 Å². The minimum Gasteiger partial charge on any atom is -0.334 e. The summed E-state index contributed by atoms with van der Waals surface area (Å²) in [6.45, 7) is 2.42. The highest BCUT2D eigenvalue weighted by Gasteiger charge is 2.08. The molecule has 4 nitrogen and oxygen atoms in total. The van der Waals surface area contributed by atoms with Crippen LogP contribution in [0.3, 0.4) is 0 Å². The van der Waals surface area contributed by atoms with Crippen molar-refractivity contribution < 1.29 is 4.79 Å². The molecule has 1 aromatic carbocycles. The number of benzene rings is 1. The van der Waals surface area contributed by atoms with Gasteiger partial charge in [-0.25, -0.2) is 4.79 Å². The fraction of sp³-hybridized carbons (Fsp3) is 0.200. The number of hydrogen-bond donors (Lipinski definition) is 2. The van der Waals surface area contributed by atoms with E-state index in [4.69, 9.17) is 0 Å². The molecule has 0 aliphatic rings. The molecule has 2 N–H and O–H groups in total. The largest absolute Gasteiger partial charge is 0.334 e. The lowest BCUT2D eigenvalue weighted by atomic mass is 10.1. The highest BCUT2D eigenvalue weighted by Crippen LogP contribution is 2.16. The Morgan fingerprint density at radius 2 is 2.05 bits per heavy atom. The summed E-state index contributed by atoms with van der Waals surface area (Å²) in [5.41, 5.74) is 2.03. The van der Waals surface area contributed by atoms with Crippen molar-refractivity contribution in [3.63, 3.8) is 0 Å². The van der Waals surface area contributed by atoms with Gasteiger partial charge < -0.3 is 10.6 Å². The number of hydrogen-bond acceptors (Lipinski definition) is 2. The Kier molecular flexibility index (Phi) is 5.12. The fourth-order valence-electron chi connectivity index (χ4n) is 1.77. The van der Waals surface area contributed by atoms with Crippen LogP contribution in [-0.4, -0.2) is 11.0 Å². The number of halogens is 1. The van der Waals surface area contributed by atoms with Gasteiger partial charge in [-0.15, -0.1) is 0 Å².